The number of H-pyrrole nitrogens is 1. The zero-order chi connectivity index (χ0) is 23.2. The topological polar surface area (TPSA) is 89.1 Å². The van der Waals surface area contributed by atoms with Gasteiger partial charge in [-0.15, -0.1) is 0 Å². The van der Waals surface area contributed by atoms with Crippen LogP contribution in [0.25, 0.3) is 22.5 Å². The van der Waals surface area contributed by atoms with E-state index in [0.29, 0.717) is 5.88 Å². The van der Waals surface area contributed by atoms with Gasteiger partial charge in [-0.3, -0.25) is 9.78 Å². The van der Waals surface area contributed by atoms with Crippen LogP contribution in [0.5, 0.6) is 5.88 Å². The number of pyridine rings is 2. The lowest BCUT2D eigenvalue weighted by Gasteiger charge is -2.33. The fourth-order valence-corrected chi connectivity index (χ4v) is 6.75. The first-order valence-corrected chi connectivity index (χ1v) is 12.9. The van der Waals surface area contributed by atoms with Gasteiger partial charge in [-0.25, -0.2) is 4.98 Å². The molecule has 0 radical (unpaired) electrons. The molecule has 0 bridgehead atoms. The summed E-state index contributed by atoms with van der Waals surface area (Å²) in [5.74, 6) is 0.766. The lowest BCUT2D eigenvalue weighted by Crippen LogP contribution is -2.51. The predicted molar refractivity (Wildman–Crippen MR) is 129 cm³/mol. The summed E-state index contributed by atoms with van der Waals surface area (Å²) in [6.45, 7) is 1.49. The van der Waals surface area contributed by atoms with E-state index in [-0.39, 0.29) is 23.0 Å². The van der Waals surface area contributed by atoms with Gasteiger partial charge in [0.25, 0.3) is 5.91 Å². The standard InChI is InChI=1S/C28H28N4O3/c33-26-23-19-3-1-16-14-29-21(17-2-4-22(30-15-17)35-18-5-11-34-12-6-18)13-20(16)24(19)31-25(23)27(7-8-27)28(32-26)9-10-28/h2,4,13-15,18,31H,1,3,5-12H2,(H,32,33). The van der Waals surface area contributed by atoms with Gasteiger partial charge in [-0.2, -0.15) is 0 Å². The van der Waals surface area contributed by atoms with Gasteiger partial charge >= 0.3 is 0 Å². The minimum atomic E-state index is 0.0108. The van der Waals surface area contributed by atoms with E-state index in [0.717, 1.165) is 74.3 Å². The fourth-order valence-electron chi connectivity index (χ4n) is 6.75. The van der Waals surface area contributed by atoms with Crippen LogP contribution in [0.1, 0.15) is 65.7 Å². The average Bonchev–Trinajstić information content (AvgIpc) is 3.81. The molecule has 3 aromatic heterocycles. The molecule has 0 atom stereocenters. The minimum Gasteiger partial charge on any atom is -0.474 e. The Balaban J connectivity index is 1.14. The Morgan fingerprint density at radius 2 is 1.89 bits per heavy atom. The predicted octanol–water partition coefficient (Wildman–Crippen LogP) is 4.10. The zero-order valence-corrected chi connectivity index (χ0v) is 19.7. The van der Waals surface area contributed by atoms with Gasteiger partial charge in [0.15, 0.2) is 0 Å². The number of hydrogen-bond acceptors (Lipinski definition) is 5. The van der Waals surface area contributed by atoms with Crippen molar-refractivity contribution in [3.8, 4) is 28.4 Å². The Bertz CT molecular complexity index is 1360. The van der Waals surface area contributed by atoms with Crippen LogP contribution in [-0.2, 0) is 23.0 Å². The lowest BCUT2D eigenvalue weighted by molar-refractivity contribution is 0.0237. The van der Waals surface area contributed by atoms with Crippen LogP contribution in [0.3, 0.4) is 0 Å². The monoisotopic (exact) mass is 468 g/mol. The molecule has 8 rings (SSSR count). The molecule has 2 saturated carbocycles. The molecule has 7 heteroatoms. The summed E-state index contributed by atoms with van der Waals surface area (Å²) in [6.07, 6.45) is 12.1. The van der Waals surface area contributed by atoms with Crippen molar-refractivity contribution in [2.45, 2.75) is 68.4 Å². The molecule has 7 nitrogen and oxygen atoms in total. The second kappa shape index (κ2) is 6.94. The number of amides is 1. The molecule has 0 aromatic carbocycles. The van der Waals surface area contributed by atoms with E-state index in [1.807, 2.05) is 24.5 Å². The first kappa shape index (κ1) is 20.0. The quantitative estimate of drug-likeness (QED) is 0.604. The Labute approximate surface area is 203 Å². The van der Waals surface area contributed by atoms with Crippen molar-refractivity contribution in [1.29, 1.82) is 0 Å². The molecular weight excluding hydrogens is 440 g/mol. The molecule has 1 saturated heterocycles. The van der Waals surface area contributed by atoms with E-state index < -0.39 is 0 Å². The van der Waals surface area contributed by atoms with Crippen LogP contribution >= 0.6 is 0 Å². The van der Waals surface area contributed by atoms with Gasteiger partial charge in [-0.1, -0.05) is 0 Å². The zero-order valence-electron chi connectivity index (χ0n) is 19.7. The summed E-state index contributed by atoms with van der Waals surface area (Å²) in [5, 5.41) is 3.41. The number of aryl methyl sites for hydroxylation is 1. The van der Waals surface area contributed by atoms with Gasteiger partial charge in [-0.05, 0) is 61.8 Å². The summed E-state index contributed by atoms with van der Waals surface area (Å²) in [7, 11) is 0. The highest BCUT2D eigenvalue weighted by Crippen LogP contribution is 2.67. The molecule has 2 N–H and O–H groups in total. The van der Waals surface area contributed by atoms with Gasteiger partial charge in [0.05, 0.1) is 35.7 Å². The van der Waals surface area contributed by atoms with Crippen molar-refractivity contribution >= 4 is 5.91 Å². The molecule has 3 fully saturated rings. The van der Waals surface area contributed by atoms with E-state index in [2.05, 4.69) is 21.4 Å². The third-order valence-corrected chi connectivity index (χ3v) is 8.97. The van der Waals surface area contributed by atoms with Gasteiger partial charge < -0.3 is 19.8 Å². The molecule has 0 unspecified atom stereocenters. The highest BCUT2D eigenvalue weighted by Gasteiger charge is 2.70. The van der Waals surface area contributed by atoms with Gasteiger partial charge in [0, 0.05) is 53.5 Å². The first-order chi connectivity index (χ1) is 17.2. The number of carbonyl (C=O) groups is 1. The van der Waals surface area contributed by atoms with Crippen molar-refractivity contribution in [3.05, 3.63) is 53.0 Å². The second-order valence-electron chi connectivity index (χ2n) is 10.9. The van der Waals surface area contributed by atoms with Crippen molar-refractivity contribution in [2.24, 2.45) is 0 Å². The molecule has 5 heterocycles. The average molecular weight is 469 g/mol. The van der Waals surface area contributed by atoms with E-state index >= 15 is 0 Å². The number of fused-ring (bicyclic) bond motifs is 7. The molecule has 2 aliphatic heterocycles. The number of rotatable bonds is 3. The number of ether oxygens (including phenoxy) is 2. The maximum atomic E-state index is 13.2. The summed E-state index contributed by atoms with van der Waals surface area (Å²) in [4.78, 5) is 26.3. The molecule has 1 amide bonds. The van der Waals surface area contributed by atoms with Crippen molar-refractivity contribution < 1.29 is 14.3 Å². The SMILES string of the molecule is O=C1NC2(CC2)C2(CC2)c2[nH]c3c(c21)CCc1cnc(-c2ccc(OC4CCOCC4)nc2)cc1-3. The number of nitrogens with zero attached hydrogens (tertiary/aromatic N) is 2. The maximum Gasteiger partial charge on any atom is 0.253 e. The number of aromatic nitrogens is 3. The molecule has 178 valence electrons. The van der Waals surface area contributed by atoms with Crippen LogP contribution in [0.4, 0.5) is 0 Å². The van der Waals surface area contributed by atoms with Gasteiger partial charge in [0.1, 0.15) is 6.10 Å². The Kier molecular flexibility index (Phi) is 3.98. The van der Waals surface area contributed by atoms with Crippen molar-refractivity contribution in [1.82, 2.24) is 20.3 Å². The summed E-state index contributed by atoms with van der Waals surface area (Å²) < 4.78 is 11.4. The van der Waals surface area contributed by atoms with Crippen LogP contribution < -0.4 is 10.1 Å². The molecule has 2 spiro atoms. The minimum absolute atomic E-state index is 0.0108. The van der Waals surface area contributed by atoms with Crippen LogP contribution in [0.2, 0.25) is 0 Å². The van der Waals surface area contributed by atoms with Crippen LogP contribution in [0, 0.1) is 0 Å². The van der Waals surface area contributed by atoms with Crippen LogP contribution in [0.15, 0.2) is 30.6 Å². The third kappa shape index (κ3) is 2.84. The Hall–Kier alpha value is -3.19. The Morgan fingerprint density at radius 3 is 2.63 bits per heavy atom. The molecular formula is C28H28N4O3. The smallest absolute Gasteiger partial charge is 0.253 e. The van der Waals surface area contributed by atoms with Gasteiger partial charge in [0.2, 0.25) is 5.88 Å². The largest absolute Gasteiger partial charge is 0.474 e. The highest BCUT2D eigenvalue weighted by atomic mass is 16.5. The Morgan fingerprint density at radius 1 is 1.03 bits per heavy atom. The molecule has 5 aliphatic rings. The summed E-state index contributed by atoms with van der Waals surface area (Å²) in [5.41, 5.74) is 8.82. The summed E-state index contributed by atoms with van der Waals surface area (Å²) in [6, 6.07) is 6.12. The first-order valence-electron chi connectivity index (χ1n) is 12.9. The number of nitrogens with one attached hydrogen (secondary N) is 2. The maximum absolute atomic E-state index is 13.2. The van der Waals surface area contributed by atoms with Crippen molar-refractivity contribution in [3.63, 3.8) is 0 Å². The highest BCUT2D eigenvalue weighted by molar-refractivity contribution is 6.02. The second-order valence-corrected chi connectivity index (χ2v) is 10.9. The molecule has 35 heavy (non-hydrogen) atoms. The van der Waals surface area contributed by atoms with E-state index in [9.17, 15) is 4.79 Å². The van der Waals surface area contributed by atoms with E-state index in [1.165, 1.54) is 35.2 Å². The third-order valence-electron chi connectivity index (χ3n) is 8.97. The fraction of sp³-hybridized carbons (Fsp3) is 0.464. The van der Waals surface area contributed by atoms with Crippen molar-refractivity contribution in [2.75, 3.05) is 13.2 Å². The van der Waals surface area contributed by atoms with E-state index in [4.69, 9.17) is 14.5 Å². The summed E-state index contributed by atoms with van der Waals surface area (Å²) >= 11 is 0. The van der Waals surface area contributed by atoms with E-state index in [1.54, 1.807) is 0 Å². The number of carbonyl (C=O) groups excluding carboxylic acids is 1. The molecule has 3 aromatic rings. The lowest BCUT2D eigenvalue weighted by atomic mass is 9.81. The molecule has 3 aliphatic carbocycles. The number of aromatic amines is 1. The normalized spacial score (nSPS) is 22.8. The number of hydrogen-bond donors (Lipinski definition) is 2. The van der Waals surface area contributed by atoms with Crippen LogP contribution in [-0.4, -0.2) is 45.7 Å².